The maximum absolute atomic E-state index is 11.4. The summed E-state index contributed by atoms with van der Waals surface area (Å²) < 4.78 is 5.18. The molecule has 0 spiro atoms. The van der Waals surface area contributed by atoms with Crippen LogP contribution in [0.2, 0.25) is 0 Å². The predicted octanol–water partition coefficient (Wildman–Crippen LogP) is -0.0176. The number of carboxylic acid groups (broad SMARTS) is 1. The fourth-order valence-electron chi connectivity index (χ4n) is 1.61. The number of urea groups is 1. The van der Waals surface area contributed by atoms with Crippen LogP contribution >= 0.6 is 0 Å². The van der Waals surface area contributed by atoms with Crippen LogP contribution in [0.3, 0.4) is 0 Å². The lowest BCUT2D eigenvalue weighted by molar-refractivity contribution is -0.140. The molecule has 4 N–H and O–H groups in total. The van der Waals surface area contributed by atoms with Crippen LogP contribution in [0.4, 0.5) is 4.79 Å². The molecule has 1 rings (SSSR count). The normalized spacial score (nSPS) is 11.5. The number of ether oxygens (including phenoxy) is 1. The first-order chi connectivity index (χ1) is 9.58. The molecular weight excluding hydrogens is 264 g/mol. The summed E-state index contributed by atoms with van der Waals surface area (Å²) in [7, 11) is 1.57. The molecule has 1 aromatic rings. The molecule has 0 saturated heterocycles. The van der Waals surface area contributed by atoms with Gasteiger partial charge in [-0.3, -0.25) is 0 Å². The highest BCUT2D eigenvalue weighted by Crippen LogP contribution is 2.17. The quantitative estimate of drug-likeness (QED) is 0.562. The number of aliphatic hydroxyl groups is 1. The van der Waals surface area contributed by atoms with Crippen LogP contribution in [0.25, 0.3) is 0 Å². The maximum atomic E-state index is 11.4. The molecule has 2 amide bonds. The molecule has 0 aliphatic carbocycles. The summed E-state index contributed by atoms with van der Waals surface area (Å²) in [5.41, 5.74) is 0.937. The van der Waals surface area contributed by atoms with E-state index in [0.29, 0.717) is 13.0 Å². The Hall–Kier alpha value is -2.28. The van der Waals surface area contributed by atoms with Crippen LogP contribution in [0.1, 0.15) is 5.56 Å². The van der Waals surface area contributed by atoms with Crippen molar-refractivity contribution < 1.29 is 24.5 Å². The van der Waals surface area contributed by atoms with E-state index >= 15 is 0 Å². The van der Waals surface area contributed by atoms with Crippen LogP contribution in [0.5, 0.6) is 5.75 Å². The third-order valence-electron chi connectivity index (χ3n) is 2.66. The van der Waals surface area contributed by atoms with E-state index in [1.165, 1.54) is 0 Å². The van der Waals surface area contributed by atoms with E-state index in [9.17, 15) is 9.59 Å². The van der Waals surface area contributed by atoms with Crippen molar-refractivity contribution in [3.05, 3.63) is 29.8 Å². The molecule has 0 aromatic heterocycles. The third-order valence-corrected chi connectivity index (χ3v) is 2.66. The second kappa shape index (κ2) is 8.00. The van der Waals surface area contributed by atoms with Gasteiger partial charge in [-0.1, -0.05) is 18.2 Å². The molecule has 20 heavy (non-hydrogen) atoms. The smallest absolute Gasteiger partial charge is 0.328 e. The first-order valence-electron chi connectivity index (χ1n) is 6.08. The molecule has 7 heteroatoms. The number of rotatable bonds is 7. The lowest BCUT2D eigenvalue weighted by Crippen LogP contribution is -2.48. The summed E-state index contributed by atoms with van der Waals surface area (Å²) in [6.45, 7) is -0.334. The molecular formula is C13H18N2O5. The monoisotopic (exact) mass is 282 g/mol. The van der Waals surface area contributed by atoms with Gasteiger partial charge in [0.1, 0.15) is 5.75 Å². The fourth-order valence-corrected chi connectivity index (χ4v) is 1.61. The van der Waals surface area contributed by atoms with Crippen LogP contribution < -0.4 is 15.4 Å². The summed E-state index contributed by atoms with van der Waals surface area (Å²) in [5.74, 6) is -0.555. The van der Waals surface area contributed by atoms with Crippen molar-refractivity contribution >= 4 is 12.0 Å². The number of para-hydroxylation sites is 1. The molecule has 0 radical (unpaired) electrons. The van der Waals surface area contributed by atoms with Crippen molar-refractivity contribution in [2.45, 2.75) is 12.5 Å². The van der Waals surface area contributed by atoms with E-state index < -0.39 is 24.6 Å². The highest BCUT2D eigenvalue weighted by atomic mass is 16.5. The number of carbonyl (C=O) groups excluding carboxylic acids is 1. The Morgan fingerprint density at radius 3 is 2.65 bits per heavy atom. The number of aliphatic carboxylic acids is 1. The molecule has 0 unspecified atom stereocenters. The molecule has 0 heterocycles. The number of aliphatic hydroxyl groups excluding tert-OH is 1. The minimum atomic E-state index is -1.30. The molecule has 7 nitrogen and oxygen atoms in total. The van der Waals surface area contributed by atoms with Gasteiger partial charge in [0.15, 0.2) is 6.04 Å². The summed E-state index contributed by atoms with van der Waals surface area (Å²) in [5, 5.41) is 22.1. The van der Waals surface area contributed by atoms with Gasteiger partial charge in [0.05, 0.1) is 13.7 Å². The highest BCUT2D eigenvalue weighted by molar-refractivity contribution is 5.82. The molecule has 0 aliphatic heterocycles. The van der Waals surface area contributed by atoms with E-state index in [1.807, 2.05) is 24.3 Å². The van der Waals surface area contributed by atoms with Gasteiger partial charge in [-0.15, -0.1) is 0 Å². The Balaban J connectivity index is 2.40. The van der Waals surface area contributed by atoms with Crippen LogP contribution in [0, 0.1) is 0 Å². The van der Waals surface area contributed by atoms with Gasteiger partial charge >= 0.3 is 12.0 Å². The SMILES string of the molecule is COc1ccccc1CCNC(=O)N[C@@H](CO)C(=O)O. The Kier molecular flexibility index (Phi) is 6.31. The molecule has 0 saturated carbocycles. The summed E-state index contributed by atoms with van der Waals surface area (Å²) in [4.78, 5) is 22.1. The first kappa shape index (κ1) is 15.8. The minimum absolute atomic E-state index is 0.323. The van der Waals surface area contributed by atoms with E-state index in [-0.39, 0.29) is 0 Å². The predicted molar refractivity (Wildman–Crippen MR) is 71.7 cm³/mol. The van der Waals surface area contributed by atoms with Crippen LogP contribution in [-0.2, 0) is 11.2 Å². The zero-order valence-electron chi connectivity index (χ0n) is 11.1. The Morgan fingerprint density at radius 1 is 1.35 bits per heavy atom. The number of hydrogen-bond donors (Lipinski definition) is 4. The van der Waals surface area contributed by atoms with Crippen molar-refractivity contribution in [2.75, 3.05) is 20.3 Å². The molecule has 1 aromatic carbocycles. The van der Waals surface area contributed by atoms with E-state index in [1.54, 1.807) is 7.11 Å². The number of benzene rings is 1. The summed E-state index contributed by atoms with van der Waals surface area (Å²) >= 11 is 0. The molecule has 0 fully saturated rings. The number of hydrogen-bond acceptors (Lipinski definition) is 4. The fraction of sp³-hybridized carbons (Fsp3) is 0.385. The molecule has 0 bridgehead atoms. The lowest BCUT2D eigenvalue weighted by atomic mass is 10.1. The summed E-state index contributed by atoms with van der Waals surface area (Å²) in [6, 6.07) is 5.47. The number of nitrogens with one attached hydrogen (secondary N) is 2. The van der Waals surface area contributed by atoms with Crippen LogP contribution in [-0.4, -0.2) is 48.5 Å². The third kappa shape index (κ3) is 4.77. The van der Waals surface area contributed by atoms with Crippen molar-refractivity contribution in [3.8, 4) is 5.75 Å². The highest BCUT2D eigenvalue weighted by Gasteiger charge is 2.18. The van der Waals surface area contributed by atoms with Gasteiger partial charge < -0.3 is 25.6 Å². The minimum Gasteiger partial charge on any atom is -0.496 e. The van der Waals surface area contributed by atoms with Gasteiger partial charge in [0, 0.05) is 6.54 Å². The van der Waals surface area contributed by atoms with E-state index in [2.05, 4.69) is 10.6 Å². The van der Waals surface area contributed by atoms with Crippen molar-refractivity contribution in [2.24, 2.45) is 0 Å². The number of carboxylic acids is 1. The van der Waals surface area contributed by atoms with Gasteiger partial charge in [0.2, 0.25) is 0 Å². The van der Waals surface area contributed by atoms with Crippen LogP contribution in [0.15, 0.2) is 24.3 Å². The average Bonchev–Trinajstić information content (AvgIpc) is 2.45. The zero-order chi connectivity index (χ0) is 15.0. The van der Waals surface area contributed by atoms with Crippen molar-refractivity contribution in [1.82, 2.24) is 10.6 Å². The van der Waals surface area contributed by atoms with Gasteiger partial charge in [-0.2, -0.15) is 0 Å². The average molecular weight is 282 g/mol. The van der Waals surface area contributed by atoms with Crippen molar-refractivity contribution in [3.63, 3.8) is 0 Å². The summed E-state index contributed by atoms with van der Waals surface area (Å²) in [6.07, 6.45) is 0.550. The number of amides is 2. The Labute approximate surface area is 116 Å². The van der Waals surface area contributed by atoms with Gasteiger partial charge in [0.25, 0.3) is 0 Å². The van der Waals surface area contributed by atoms with E-state index in [4.69, 9.17) is 14.9 Å². The van der Waals surface area contributed by atoms with Gasteiger partial charge in [-0.05, 0) is 18.1 Å². The Morgan fingerprint density at radius 2 is 2.05 bits per heavy atom. The second-order valence-electron chi connectivity index (χ2n) is 4.04. The lowest BCUT2D eigenvalue weighted by Gasteiger charge is -2.13. The molecule has 0 aliphatic rings. The zero-order valence-corrected chi connectivity index (χ0v) is 11.1. The molecule has 1 atom stereocenters. The largest absolute Gasteiger partial charge is 0.496 e. The maximum Gasteiger partial charge on any atom is 0.328 e. The van der Waals surface area contributed by atoms with Crippen molar-refractivity contribution in [1.29, 1.82) is 0 Å². The number of methoxy groups -OCH3 is 1. The second-order valence-corrected chi connectivity index (χ2v) is 4.04. The first-order valence-corrected chi connectivity index (χ1v) is 6.08. The molecule has 110 valence electrons. The number of carbonyl (C=O) groups is 2. The van der Waals surface area contributed by atoms with E-state index in [0.717, 1.165) is 11.3 Å². The Bertz CT molecular complexity index is 464. The van der Waals surface area contributed by atoms with Gasteiger partial charge in [-0.25, -0.2) is 9.59 Å². The standard InChI is InChI=1S/C13H18N2O5/c1-20-11-5-3-2-4-9(11)6-7-14-13(19)15-10(8-16)12(17)18/h2-5,10,16H,6-8H2,1H3,(H,17,18)(H2,14,15,19)/t10-/m0/s1. The topological polar surface area (TPSA) is 108 Å².